The minimum Gasteiger partial charge on any atom is -0.346 e. The molecule has 0 aliphatic heterocycles. The molecule has 0 unspecified atom stereocenters. The van der Waals surface area contributed by atoms with Crippen molar-refractivity contribution in [2.75, 3.05) is 0 Å². The van der Waals surface area contributed by atoms with E-state index in [-0.39, 0.29) is 5.91 Å². The molecule has 4 nitrogen and oxygen atoms in total. The quantitative estimate of drug-likeness (QED) is 0.914. The largest absolute Gasteiger partial charge is 0.346 e. The molecule has 0 saturated carbocycles. The fraction of sp³-hybridized carbons (Fsp3) is 0.333. The van der Waals surface area contributed by atoms with Gasteiger partial charge in [-0.25, -0.2) is 0 Å². The third-order valence-electron chi connectivity index (χ3n) is 3.04. The summed E-state index contributed by atoms with van der Waals surface area (Å²) in [4.78, 5) is 12.0. The maximum atomic E-state index is 12.0. The molecular formula is C15H19N3O. The van der Waals surface area contributed by atoms with E-state index in [2.05, 4.69) is 24.3 Å². The van der Waals surface area contributed by atoms with Crippen LogP contribution in [0.15, 0.2) is 36.5 Å². The van der Waals surface area contributed by atoms with Gasteiger partial charge < -0.3 is 5.32 Å². The van der Waals surface area contributed by atoms with E-state index in [9.17, 15) is 4.79 Å². The van der Waals surface area contributed by atoms with E-state index in [1.165, 1.54) is 5.56 Å². The number of amides is 1. The van der Waals surface area contributed by atoms with Crippen molar-refractivity contribution < 1.29 is 4.79 Å². The van der Waals surface area contributed by atoms with E-state index in [4.69, 9.17) is 0 Å². The minimum absolute atomic E-state index is 0.0686. The van der Waals surface area contributed by atoms with E-state index in [1.54, 1.807) is 4.68 Å². The van der Waals surface area contributed by atoms with Crippen LogP contribution in [0.2, 0.25) is 0 Å². The number of hydrogen-bond donors (Lipinski definition) is 1. The zero-order chi connectivity index (χ0) is 13.8. The molecule has 0 fully saturated rings. The standard InChI is InChI=1S/C15H19N3O/c1-11(2)12-4-6-13(7-5-12)15(19)16-10-14-8-9-18(3)17-14/h4-9,11H,10H2,1-3H3,(H,16,19). The number of nitrogens with one attached hydrogen (secondary N) is 1. The molecule has 19 heavy (non-hydrogen) atoms. The van der Waals surface area contributed by atoms with Crippen molar-refractivity contribution in [1.82, 2.24) is 15.1 Å². The van der Waals surface area contributed by atoms with Crippen LogP contribution in [0.25, 0.3) is 0 Å². The Morgan fingerprint density at radius 1 is 1.26 bits per heavy atom. The molecule has 1 amide bonds. The van der Waals surface area contributed by atoms with E-state index >= 15 is 0 Å². The predicted octanol–water partition coefficient (Wildman–Crippen LogP) is 2.47. The lowest BCUT2D eigenvalue weighted by Gasteiger charge is -2.07. The molecule has 0 atom stereocenters. The molecule has 1 N–H and O–H groups in total. The van der Waals surface area contributed by atoms with Gasteiger partial charge in [-0.3, -0.25) is 9.48 Å². The van der Waals surface area contributed by atoms with Gasteiger partial charge in [-0.2, -0.15) is 5.10 Å². The number of hydrogen-bond acceptors (Lipinski definition) is 2. The SMILES string of the molecule is CC(C)c1ccc(C(=O)NCc2ccn(C)n2)cc1. The average molecular weight is 257 g/mol. The summed E-state index contributed by atoms with van der Waals surface area (Å²) in [6, 6.07) is 9.62. The monoisotopic (exact) mass is 257 g/mol. The zero-order valence-electron chi connectivity index (χ0n) is 11.6. The average Bonchev–Trinajstić information content (AvgIpc) is 2.82. The molecule has 0 aliphatic rings. The number of aryl methyl sites for hydroxylation is 1. The highest BCUT2D eigenvalue weighted by Gasteiger charge is 2.07. The molecule has 2 rings (SSSR count). The van der Waals surface area contributed by atoms with Crippen LogP contribution in [-0.4, -0.2) is 15.7 Å². The van der Waals surface area contributed by atoms with Crippen LogP contribution in [0.3, 0.4) is 0 Å². The van der Waals surface area contributed by atoms with Crippen LogP contribution >= 0.6 is 0 Å². The van der Waals surface area contributed by atoms with Gasteiger partial charge in [0.05, 0.1) is 12.2 Å². The van der Waals surface area contributed by atoms with Crippen molar-refractivity contribution in [3.8, 4) is 0 Å². The number of rotatable bonds is 4. The van der Waals surface area contributed by atoms with Crippen molar-refractivity contribution in [3.05, 3.63) is 53.3 Å². The fourth-order valence-electron chi connectivity index (χ4n) is 1.85. The van der Waals surface area contributed by atoms with E-state index < -0.39 is 0 Å². The Morgan fingerprint density at radius 2 is 1.95 bits per heavy atom. The normalized spacial score (nSPS) is 10.7. The first-order chi connectivity index (χ1) is 9.06. The van der Waals surface area contributed by atoms with Gasteiger partial charge in [-0.1, -0.05) is 26.0 Å². The summed E-state index contributed by atoms with van der Waals surface area (Å²) in [5.41, 5.74) is 2.77. The molecule has 0 spiro atoms. The molecule has 100 valence electrons. The topological polar surface area (TPSA) is 46.9 Å². The second-order valence-corrected chi connectivity index (χ2v) is 4.94. The van der Waals surface area contributed by atoms with Crippen molar-refractivity contribution in [3.63, 3.8) is 0 Å². The molecule has 0 bridgehead atoms. The Bertz CT molecular complexity index is 555. The van der Waals surface area contributed by atoms with Gasteiger partial charge in [0.2, 0.25) is 0 Å². The number of carbonyl (C=O) groups is 1. The van der Waals surface area contributed by atoms with Gasteiger partial charge in [-0.05, 0) is 29.7 Å². The summed E-state index contributed by atoms with van der Waals surface area (Å²) >= 11 is 0. The Balaban J connectivity index is 1.96. The van der Waals surface area contributed by atoms with Gasteiger partial charge in [0, 0.05) is 18.8 Å². The molecular weight excluding hydrogens is 238 g/mol. The predicted molar refractivity (Wildman–Crippen MR) is 74.9 cm³/mol. The molecule has 1 aromatic heterocycles. The third-order valence-corrected chi connectivity index (χ3v) is 3.04. The Kier molecular flexibility index (Phi) is 4.00. The number of benzene rings is 1. The van der Waals surface area contributed by atoms with Gasteiger partial charge in [0.15, 0.2) is 0 Å². The van der Waals surface area contributed by atoms with E-state index in [1.807, 2.05) is 43.6 Å². The fourth-order valence-corrected chi connectivity index (χ4v) is 1.85. The van der Waals surface area contributed by atoms with Gasteiger partial charge >= 0.3 is 0 Å². The van der Waals surface area contributed by atoms with Crippen LogP contribution in [0, 0.1) is 0 Å². The van der Waals surface area contributed by atoms with Crippen LogP contribution in [0.4, 0.5) is 0 Å². The lowest BCUT2D eigenvalue weighted by molar-refractivity contribution is 0.0950. The van der Waals surface area contributed by atoms with Gasteiger partial charge in [-0.15, -0.1) is 0 Å². The summed E-state index contributed by atoms with van der Waals surface area (Å²) < 4.78 is 1.72. The van der Waals surface area contributed by atoms with Crippen LogP contribution in [-0.2, 0) is 13.6 Å². The molecule has 1 heterocycles. The maximum Gasteiger partial charge on any atom is 0.251 e. The Hall–Kier alpha value is -2.10. The maximum absolute atomic E-state index is 12.0. The minimum atomic E-state index is -0.0686. The highest BCUT2D eigenvalue weighted by Crippen LogP contribution is 2.14. The van der Waals surface area contributed by atoms with Crippen molar-refractivity contribution >= 4 is 5.91 Å². The molecule has 0 radical (unpaired) electrons. The lowest BCUT2D eigenvalue weighted by Crippen LogP contribution is -2.23. The number of nitrogens with zero attached hydrogens (tertiary/aromatic N) is 2. The van der Waals surface area contributed by atoms with E-state index in [0.29, 0.717) is 18.0 Å². The van der Waals surface area contributed by atoms with Crippen molar-refractivity contribution in [2.45, 2.75) is 26.3 Å². The van der Waals surface area contributed by atoms with Crippen molar-refractivity contribution in [2.24, 2.45) is 7.05 Å². The summed E-state index contributed by atoms with van der Waals surface area (Å²) in [5, 5.41) is 7.08. The van der Waals surface area contributed by atoms with Crippen LogP contribution in [0.5, 0.6) is 0 Å². The zero-order valence-corrected chi connectivity index (χ0v) is 11.6. The number of aromatic nitrogens is 2. The highest BCUT2D eigenvalue weighted by atomic mass is 16.1. The van der Waals surface area contributed by atoms with Crippen LogP contribution in [0.1, 0.15) is 41.4 Å². The van der Waals surface area contributed by atoms with Crippen molar-refractivity contribution in [1.29, 1.82) is 0 Å². The summed E-state index contributed by atoms with van der Waals surface area (Å²) in [6.45, 7) is 4.72. The summed E-state index contributed by atoms with van der Waals surface area (Å²) in [7, 11) is 1.86. The first-order valence-electron chi connectivity index (χ1n) is 6.43. The lowest BCUT2D eigenvalue weighted by atomic mass is 10.0. The molecule has 0 saturated heterocycles. The van der Waals surface area contributed by atoms with Gasteiger partial charge in [0.1, 0.15) is 0 Å². The first kappa shape index (κ1) is 13.3. The van der Waals surface area contributed by atoms with Gasteiger partial charge in [0.25, 0.3) is 5.91 Å². The second-order valence-electron chi connectivity index (χ2n) is 4.94. The van der Waals surface area contributed by atoms with E-state index in [0.717, 1.165) is 5.69 Å². The second kappa shape index (κ2) is 5.69. The first-order valence-corrected chi connectivity index (χ1v) is 6.43. The Labute approximate surface area is 113 Å². The number of carbonyl (C=O) groups excluding carboxylic acids is 1. The molecule has 0 aliphatic carbocycles. The Morgan fingerprint density at radius 3 is 2.47 bits per heavy atom. The highest BCUT2D eigenvalue weighted by molar-refractivity contribution is 5.94. The van der Waals surface area contributed by atoms with Crippen LogP contribution < -0.4 is 5.32 Å². The molecule has 2 aromatic rings. The molecule has 1 aromatic carbocycles. The third kappa shape index (κ3) is 3.44. The summed E-state index contributed by atoms with van der Waals surface area (Å²) in [5.74, 6) is 0.409. The smallest absolute Gasteiger partial charge is 0.251 e. The summed E-state index contributed by atoms with van der Waals surface area (Å²) in [6.07, 6.45) is 1.86. The molecule has 4 heteroatoms.